The number of rotatable bonds is 7. The quantitative estimate of drug-likeness (QED) is 0.590. The van der Waals surface area contributed by atoms with Gasteiger partial charge in [-0.1, -0.05) is 17.7 Å². The molecule has 7 nitrogen and oxygen atoms in total. The van der Waals surface area contributed by atoms with E-state index in [9.17, 15) is 19.7 Å². The average molecular weight is 329 g/mol. The number of carbonyl (C=O) groups is 2. The number of nitro benzene ring substituents is 1. The standard InChI is InChI=1S/C14H17ClN2O5/c1-14(2,6-5-13(19)20)16-12(18)7-9-3-4-10(17(21)22)8-11(9)15/h3-4,8H,5-7H2,1-2H3,(H,16,18)(H,19,20). The van der Waals surface area contributed by atoms with Gasteiger partial charge >= 0.3 is 5.97 Å². The Balaban J connectivity index is 2.69. The molecule has 0 aromatic heterocycles. The SMILES string of the molecule is CC(C)(CCC(=O)O)NC(=O)Cc1ccc([N+](=O)[O-])cc1Cl. The van der Waals surface area contributed by atoms with Gasteiger partial charge in [0.05, 0.1) is 16.4 Å². The number of carbonyl (C=O) groups excluding carboxylic acids is 1. The molecule has 1 rings (SSSR count). The number of hydrogen-bond acceptors (Lipinski definition) is 4. The number of carboxylic acids is 1. The number of benzene rings is 1. The van der Waals surface area contributed by atoms with Crippen molar-refractivity contribution in [3.05, 3.63) is 38.9 Å². The van der Waals surface area contributed by atoms with E-state index in [0.717, 1.165) is 0 Å². The molecule has 0 unspecified atom stereocenters. The summed E-state index contributed by atoms with van der Waals surface area (Å²) >= 11 is 5.93. The molecule has 1 amide bonds. The summed E-state index contributed by atoms with van der Waals surface area (Å²) in [5.74, 6) is -1.26. The van der Waals surface area contributed by atoms with Gasteiger partial charge in [0.2, 0.25) is 5.91 Å². The first-order valence-corrected chi connectivity index (χ1v) is 6.94. The summed E-state index contributed by atoms with van der Waals surface area (Å²) in [7, 11) is 0. The van der Waals surface area contributed by atoms with Crippen LogP contribution in [0.1, 0.15) is 32.3 Å². The lowest BCUT2D eigenvalue weighted by Gasteiger charge is -2.25. The van der Waals surface area contributed by atoms with E-state index in [4.69, 9.17) is 16.7 Å². The molecule has 1 aromatic carbocycles. The average Bonchev–Trinajstić information content (AvgIpc) is 2.38. The Labute approximate surface area is 132 Å². The lowest BCUT2D eigenvalue weighted by molar-refractivity contribution is -0.384. The van der Waals surface area contributed by atoms with E-state index in [2.05, 4.69) is 5.32 Å². The fourth-order valence-corrected chi connectivity index (χ4v) is 2.11. The fourth-order valence-electron chi connectivity index (χ4n) is 1.87. The molecule has 0 aliphatic carbocycles. The molecule has 0 saturated heterocycles. The Morgan fingerprint density at radius 3 is 2.55 bits per heavy atom. The molecule has 0 aliphatic heterocycles. The van der Waals surface area contributed by atoms with Crippen LogP contribution >= 0.6 is 11.6 Å². The Kier molecular flexibility index (Phi) is 5.87. The molecule has 0 radical (unpaired) electrons. The summed E-state index contributed by atoms with van der Waals surface area (Å²) in [5.41, 5.74) is -0.335. The van der Waals surface area contributed by atoms with Gasteiger partial charge in [0.25, 0.3) is 5.69 Å². The maximum atomic E-state index is 12.0. The van der Waals surface area contributed by atoms with Crippen molar-refractivity contribution in [2.24, 2.45) is 0 Å². The highest BCUT2D eigenvalue weighted by molar-refractivity contribution is 6.31. The molecule has 0 fully saturated rings. The maximum absolute atomic E-state index is 12.0. The molecular weight excluding hydrogens is 312 g/mol. The van der Waals surface area contributed by atoms with Gasteiger partial charge in [-0.15, -0.1) is 0 Å². The van der Waals surface area contributed by atoms with Gasteiger partial charge < -0.3 is 10.4 Å². The molecule has 2 N–H and O–H groups in total. The number of nitrogens with zero attached hydrogens (tertiary/aromatic N) is 1. The minimum Gasteiger partial charge on any atom is -0.481 e. The lowest BCUT2D eigenvalue weighted by Crippen LogP contribution is -2.44. The molecular formula is C14H17ClN2O5. The topological polar surface area (TPSA) is 110 Å². The van der Waals surface area contributed by atoms with E-state index in [1.807, 2.05) is 0 Å². The zero-order valence-corrected chi connectivity index (χ0v) is 13.0. The zero-order valence-electron chi connectivity index (χ0n) is 12.3. The first-order chi connectivity index (χ1) is 10.1. The monoisotopic (exact) mass is 328 g/mol. The van der Waals surface area contributed by atoms with Crippen LogP contribution in [-0.4, -0.2) is 27.4 Å². The molecule has 0 bridgehead atoms. The number of non-ortho nitro benzene ring substituents is 1. The van der Waals surface area contributed by atoms with Crippen LogP contribution in [0.3, 0.4) is 0 Å². The molecule has 1 aromatic rings. The van der Waals surface area contributed by atoms with Gasteiger partial charge in [-0.05, 0) is 25.8 Å². The molecule has 22 heavy (non-hydrogen) atoms. The van der Waals surface area contributed by atoms with E-state index < -0.39 is 16.4 Å². The minimum absolute atomic E-state index is 0.0344. The van der Waals surface area contributed by atoms with E-state index in [-0.39, 0.29) is 29.5 Å². The van der Waals surface area contributed by atoms with Crippen molar-refractivity contribution >= 4 is 29.2 Å². The molecule has 0 aliphatic rings. The molecule has 0 spiro atoms. The highest BCUT2D eigenvalue weighted by Gasteiger charge is 2.22. The van der Waals surface area contributed by atoms with Gasteiger partial charge in [-0.3, -0.25) is 19.7 Å². The number of nitrogens with one attached hydrogen (secondary N) is 1. The van der Waals surface area contributed by atoms with Crippen molar-refractivity contribution in [1.29, 1.82) is 0 Å². The predicted octanol–water partition coefficient (Wildman–Crippen LogP) is 2.55. The first-order valence-electron chi connectivity index (χ1n) is 6.56. The third kappa shape index (κ3) is 5.69. The highest BCUT2D eigenvalue weighted by Crippen LogP contribution is 2.23. The van der Waals surface area contributed by atoms with Crippen molar-refractivity contribution < 1.29 is 19.6 Å². The second kappa shape index (κ2) is 7.22. The number of nitro groups is 1. The second-order valence-electron chi connectivity index (χ2n) is 5.54. The van der Waals surface area contributed by atoms with Crippen LogP contribution in [0.5, 0.6) is 0 Å². The first kappa shape index (κ1) is 17.9. The fraction of sp³-hybridized carbons (Fsp3) is 0.429. The number of halogens is 1. The maximum Gasteiger partial charge on any atom is 0.303 e. The number of aliphatic carboxylic acids is 1. The smallest absolute Gasteiger partial charge is 0.303 e. The summed E-state index contributed by atoms with van der Waals surface area (Å²) < 4.78 is 0. The number of carboxylic acid groups (broad SMARTS) is 1. The third-order valence-electron chi connectivity index (χ3n) is 3.04. The Morgan fingerprint density at radius 2 is 2.05 bits per heavy atom. The van der Waals surface area contributed by atoms with Gasteiger partial charge in [0.15, 0.2) is 0 Å². The lowest BCUT2D eigenvalue weighted by atomic mass is 9.98. The Bertz CT molecular complexity index is 601. The molecule has 0 saturated carbocycles. The van der Waals surface area contributed by atoms with Crippen molar-refractivity contribution in [2.45, 2.75) is 38.6 Å². The summed E-state index contributed by atoms with van der Waals surface area (Å²) in [6, 6.07) is 3.91. The highest BCUT2D eigenvalue weighted by atomic mass is 35.5. The predicted molar refractivity (Wildman–Crippen MR) is 80.9 cm³/mol. The molecule has 120 valence electrons. The van der Waals surface area contributed by atoms with Crippen molar-refractivity contribution in [3.8, 4) is 0 Å². The van der Waals surface area contributed by atoms with Crippen molar-refractivity contribution in [1.82, 2.24) is 5.32 Å². The Morgan fingerprint density at radius 1 is 1.41 bits per heavy atom. The van der Waals surface area contributed by atoms with Gasteiger partial charge in [-0.25, -0.2) is 0 Å². The summed E-state index contributed by atoms with van der Waals surface area (Å²) in [5, 5.41) is 22.2. The normalized spacial score (nSPS) is 11.0. The zero-order chi connectivity index (χ0) is 16.9. The summed E-state index contributed by atoms with van der Waals surface area (Å²) in [4.78, 5) is 32.6. The van der Waals surface area contributed by atoms with Crippen LogP contribution in [0.25, 0.3) is 0 Å². The van der Waals surface area contributed by atoms with Crippen LogP contribution in [-0.2, 0) is 16.0 Å². The van der Waals surface area contributed by atoms with Gasteiger partial charge in [-0.2, -0.15) is 0 Å². The molecule has 0 heterocycles. The van der Waals surface area contributed by atoms with Crippen LogP contribution in [0.4, 0.5) is 5.69 Å². The van der Waals surface area contributed by atoms with Gasteiger partial charge in [0.1, 0.15) is 0 Å². The third-order valence-corrected chi connectivity index (χ3v) is 3.39. The van der Waals surface area contributed by atoms with Crippen LogP contribution < -0.4 is 5.32 Å². The van der Waals surface area contributed by atoms with E-state index in [0.29, 0.717) is 12.0 Å². The van der Waals surface area contributed by atoms with Crippen molar-refractivity contribution in [3.63, 3.8) is 0 Å². The van der Waals surface area contributed by atoms with Crippen LogP contribution in [0, 0.1) is 10.1 Å². The van der Waals surface area contributed by atoms with Gasteiger partial charge in [0, 0.05) is 24.1 Å². The number of hydrogen-bond donors (Lipinski definition) is 2. The van der Waals surface area contributed by atoms with E-state index in [1.165, 1.54) is 18.2 Å². The number of amides is 1. The summed E-state index contributed by atoms with van der Waals surface area (Å²) in [6.07, 6.45) is 0.209. The van der Waals surface area contributed by atoms with E-state index in [1.54, 1.807) is 13.8 Å². The molecule has 0 atom stereocenters. The second-order valence-corrected chi connectivity index (χ2v) is 5.94. The van der Waals surface area contributed by atoms with Crippen molar-refractivity contribution in [2.75, 3.05) is 0 Å². The molecule has 8 heteroatoms. The Hall–Kier alpha value is -2.15. The van der Waals surface area contributed by atoms with E-state index >= 15 is 0 Å². The summed E-state index contributed by atoms with van der Waals surface area (Å²) in [6.45, 7) is 3.45. The minimum atomic E-state index is -0.930. The van der Waals surface area contributed by atoms with Crippen LogP contribution in [0.2, 0.25) is 5.02 Å². The largest absolute Gasteiger partial charge is 0.481 e. The van der Waals surface area contributed by atoms with Crippen LogP contribution in [0.15, 0.2) is 18.2 Å².